The molecular formula is C12H13N5O2. The zero-order chi connectivity index (χ0) is 14.0. The fourth-order valence-corrected chi connectivity index (χ4v) is 1.81. The van der Waals surface area contributed by atoms with Gasteiger partial charge in [0.25, 0.3) is 5.91 Å². The first-order valence-electron chi connectivity index (χ1n) is 5.52. The molecular weight excluding hydrogens is 246 g/mol. The van der Waals surface area contributed by atoms with E-state index in [4.69, 9.17) is 11.5 Å². The third-order valence-corrected chi connectivity index (χ3v) is 2.55. The first kappa shape index (κ1) is 12.6. The van der Waals surface area contributed by atoms with Crippen molar-refractivity contribution in [3.8, 4) is 5.69 Å². The summed E-state index contributed by atoms with van der Waals surface area (Å²) in [7, 11) is 0. The van der Waals surface area contributed by atoms with Gasteiger partial charge in [-0.3, -0.25) is 10.1 Å². The molecule has 0 spiro atoms. The van der Waals surface area contributed by atoms with Gasteiger partial charge in [0, 0.05) is 0 Å². The lowest BCUT2D eigenvalue weighted by Gasteiger charge is -2.08. The number of benzene rings is 1. The molecule has 0 radical (unpaired) electrons. The molecule has 2 rings (SSSR count). The lowest BCUT2D eigenvalue weighted by molar-refractivity contribution is 0.100. The van der Waals surface area contributed by atoms with Crippen LogP contribution in [0.2, 0.25) is 0 Å². The molecule has 1 aromatic heterocycles. The van der Waals surface area contributed by atoms with Gasteiger partial charge in [-0.25, -0.2) is 9.48 Å². The molecule has 7 heteroatoms. The van der Waals surface area contributed by atoms with E-state index >= 15 is 0 Å². The quantitative estimate of drug-likeness (QED) is 0.755. The van der Waals surface area contributed by atoms with Gasteiger partial charge in [0.15, 0.2) is 5.82 Å². The second kappa shape index (κ2) is 4.81. The van der Waals surface area contributed by atoms with Crippen LogP contribution in [0, 0.1) is 6.92 Å². The van der Waals surface area contributed by atoms with E-state index in [0.29, 0.717) is 11.4 Å². The number of aryl methyl sites for hydroxylation is 1. The number of nitrogens with zero attached hydrogens (tertiary/aromatic N) is 2. The maximum atomic E-state index is 11.4. The number of urea groups is 1. The maximum Gasteiger partial charge on any atom is 0.317 e. The number of anilines is 1. The van der Waals surface area contributed by atoms with Gasteiger partial charge in [-0.1, -0.05) is 18.2 Å². The fourth-order valence-electron chi connectivity index (χ4n) is 1.81. The molecule has 0 bridgehead atoms. The summed E-state index contributed by atoms with van der Waals surface area (Å²) in [5.41, 5.74) is 11.6. The van der Waals surface area contributed by atoms with Gasteiger partial charge in [-0.15, -0.1) is 0 Å². The Bertz CT molecular complexity index is 633. The number of nitrogens with two attached hydrogens (primary N) is 2. The van der Waals surface area contributed by atoms with Crippen molar-refractivity contribution >= 4 is 17.8 Å². The molecule has 1 aromatic carbocycles. The Labute approximate surface area is 109 Å². The molecule has 0 fully saturated rings. The Morgan fingerprint density at radius 2 is 1.84 bits per heavy atom. The third-order valence-electron chi connectivity index (χ3n) is 2.55. The number of carbonyl (C=O) groups excluding carboxylic acids is 2. The molecule has 2 aromatic rings. The molecule has 3 amide bonds. The molecule has 7 nitrogen and oxygen atoms in total. The summed E-state index contributed by atoms with van der Waals surface area (Å²) in [6.45, 7) is 1.63. The second-order valence-corrected chi connectivity index (χ2v) is 3.91. The van der Waals surface area contributed by atoms with E-state index in [1.165, 1.54) is 4.68 Å². The smallest absolute Gasteiger partial charge is 0.317 e. The van der Waals surface area contributed by atoms with E-state index in [2.05, 4.69) is 10.4 Å². The highest BCUT2D eigenvalue weighted by atomic mass is 16.2. The predicted octanol–water partition coefficient (Wildman–Crippen LogP) is 0.770. The molecule has 0 aliphatic heterocycles. The van der Waals surface area contributed by atoms with Crippen molar-refractivity contribution in [2.24, 2.45) is 11.5 Å². The van der Waals surface area contributed by atoms with Crippen LogP contribution in [0.15, 0.2) is 30.3 Å². The van der Waals surface area contributed by atoms with Crippen LogP contribution in [-0.2, 0) is 0 Å². The highest BCUT2D eigenvalue weighted by Gasteiger charge is 2.21. The van der Waals surface area contributed by atoms with E-state index in [1.807, 2.05) is 18.2 Å². The molecule has 1 heterocycles. The number of nitrogens with one attached hydrogen (secondary N) is 1. The minimum absolute atomic E-state index is 0.141. The Morgan fingerprint density at radius 1 is 1.21 bits per heavy atom. The monoisotopic (exact) mass is 259 g/mol. The minimum Gasteiger partial charge on any atom is -0.365 e. The molecule has 0 saturated heterocycles. The summed E-state index contributed by atoms with van der Waals surface area (Å²) in [4.78, 5) is 22.5. The van der Waals surface area contributed by atoms with E-state index in [1.54, 1.807) is 19.1 Å². The second-order valence-electron chi connectivity index (χ2n) is 3.91. The van der Waals surface area contributed by atoms with Crippen LogP contribution in [0.1, 0.15) is 16.1 Å². The van der Waals surface area contributed by atoms with Crippen LogP contribution in [0.25, 0.3) is 5.69 Å². The van der Waals surface area contributed by atoms with Crippen molar-refractivity contribution in [1.29, 1.82) is 0 Å². The lowest BCUT2D eigenvalue weighted by atomic mass is 10.2. The molecule has 0 aliphatic rings. The number of amides is 3. The van der Waals surface area contributed by atoms with Crippen molar-refractivity contribution in [2.75, 3.05) is 5.32 Å². The molecule has 0 atom stereocenters. The summed E-state index contributed by atoms with van der Waals surface area (Å²) in [5, 5.41) is 6.58. The number of para-hydroxylation sites is 1. The van der Waals surface area contributed by atoms with Crippen molar-refractivity contribution in [2.45, 2.75) is 6.92 Å². The van der Waals surface area contributed by atoms with Crippen LogP contribution >= 0.6 is 0 Å². The SMILES string of the molecule is Cc1nn(-c2ccccc2)c(NC(N)=O)c1C(N)=O. The van der Waals surface area contributed by atoms with E-state index in [0.717, 1.165) is 0 Å². The topological polar surface area (TPSA) is 116 Å². The molecule has 19 heavy (non-hydrogen) atoms. The summed E-state index contributed by atoms with van der Waals surface area (Å²) >= 11 is 0. The van der Waals surface area contributed by atoms with Gasteiger partial charge >= 0.3 is 6.03 Å². The standard InChI is InChI=1S/C12H13N5O2/c1-7-9(10(13)18)11(15-12(14)19)17(16-7)8-5-3-2-4-6-8/h2-6H,1H3,(H2,13,18)(H3,14,15,19). The molecule has 98 valence electrons. The highest BCUT2D eigenvalue weighted by molar-refractivity contribution is 6.02. The maximum absolute atomic E-state index is 11.4. The predicted molar refractivity (Wildman–Crippen MR) is 70.0 cm³/mol. The normalized spacial score (nSPS) is 10.2. The molecule has 0 saturated carbocycles. The zero-order valence-electron chi connectivity index (χ0n) is 10.3. The summed E-state index contributed by atoms with van der Waals surface area (Å²) in [6.07, 6.45) is 0. The average Bonchev–Trinajstić information content (AvgIpc) is 2.66. The Kier molecular flexibility index (Phi) is 3.19. The third kappa shape index (κ3) is 2.39. The number of rotatable bonds is 3. The lowest BCUT2D eigenvalue weighted by Crippen LogP contribution is -2.24. The Morgan fingerprint density at radius 3 is 2.37 bits per heavy atom. The first-order chi connectivity index (χ1) is 9.00. The van der Waals surface area contributed by atoms with E-state index in [-0.39, 0.29) is 11.4 Å². The van der Waals surface area contributed by atoms with Gasteiger partial charge in [-0.2, -0.15) is 5.10 Å². The first-order valence-corrected chi connectivity index (χ1v) is 5.52. The molecule has 5 N–H and O–H groups in total. The van der Waals surface area contributed by atoms with Crippen LogP contribution in [0.3, 0.4) is 0 Å². The van der Waals surface area contributed by atoms with Gasteiger partial charge in [0.2, 0.25) is 0 Å². The van der Waals surface area contributed by atoms with Crippen LogP contribution in [-0.4, -0.2) is 21.7 Å². The summed E-state index contributed by atoms with van der Waals surface area (Å²) < 4.78 is 1.42. The Hall–Kier alpha value is -2.83. The minimum atomic E-state index is -0.792. The number of primary amides is 2. The number of hydrogen-bond acceptors (Lipinski definition) is 3. The number of aromatic nitrogens is 2. The number of carbonyl (C=O) groups is 2. The molecule has 0 aliphatic carbocycles. The average molecular weight is 259 g/mol. The van der Waals surface area contributed by atoms with Crippen molar-refractivity contribution in [3.63, 3.8) is 0 Å². The summed E-state index contributed by atoms with van der Waals surface area (Å²) in [6, 6.07) is 8.23. The van der Waals surface area contributed by atoms with Crippen LogP contribution in [0.4, 0.5) is 10.6 Å². The van der Waals surface area contributed by atoms with Gasteiger partial charge < -0.3 is 11.5 Å². The highest BCUT2D eigenvalue weighted by Crippen LogP contribution is 2.23. The van der Waals surface area contributed by atoms with Gasteiger partial charge in [0.05, 0.1) is 11.4 Å². The van der Waals surface area contributed by atoms with Gasteiger partial charge in [-0.05, 0) is 19.1 Å². The fraction of sp³-hybridized carbons (Fsp3) is 0.0833. The van der Waals surface area contributed by atoms with Crippen molar-refractivity contribution in [1.82, 2.24) is 9.78 Å². The Balaban J connectivity index is 2.64. The van der Waals surface area contributed by atoms with Crippen LogP contribution < -0.4 is 16.8 Å². The van der Waals surface area contributed by atoms with Crippen LogP contribution in [0.5, 0.6) is 0 Å². The largest absolute Gasteiger partial charge is 0.365 e. The van der Waals surface area contributed by atoms with Crippen molar-refractivity contribution in [3.05, 3.63) is 41.6 Å². The van der Waals surface area contributed by atoms with E-state index < -0.39 is 11.9 Å². The summed E-state index contributed by atoms with van der Waals surface area (Å²) in [5.74, 6) is -0.507. The van der Waals surface area contributed by atoms with Gasteiger partial charge in [0.1, 0.15) is 5.56 Å². The van der Waals surface area contributed by atoms with Crippen molar-refractivity contribution < 1.29 is 9.59 Å². The zero-order valence-corrected chi connectivity index (χ0v) is 10.3. The van der Waals surface area contributed by atoms with E-state index in [9.17, 15) is 9.59 Å². The molecule has 0 unspecified atom stereocenters. The number of hydrogen-bond donors (Lipinski definition) is 3.